The molecule has 1 amide bonds. The summed E-state index contributed by atoms with van der Waals surface area (Å²) in [5, 5.41) is 9.61. The molecular weight excluding hydrogens is 353 g/mol. The highest BCUT2D eigenvalue weighted by Crippen LogP contribution is 2.29. The monoisotopic (exact) mass is 370 g/mol. The number of oxime groups is 1. The highest BCUT2D eigenvalue weighted by Gasteiger charge is 2.38. The lowest BCUT2D eigenvalue weighted by Crippen LogP contribution is -2.25. The largest absolute Gasteiger partial charge is 0.471 e. The van der Waals surface area contributed by atoms with Gasteiger partial charge in [0.05, 0.1) is 12.8 Å². The molecule has 1 aromatic heterocycles. The van der Waals surface area contributed by atoms with Gasteiger partial charge in [-0.05, 0) is 32.9 Å². The van der Waals surface area contributed by atoms with Crippen LogP contribution in [0.3, 0.4) is 0 Å². The molecule has 2 rings (SSSR count). The number of hydrogen-bond donors (Lipinski definition) is 1. The first kappa shape index (κ1) is 19.4. The molecule has 0 bridgehead atoms. The Morgan fingerprint density at radius 2 is 1.92 bits per heavy atom. The molecule has 0 saturated carbocycles. The van der Waals surface area contributed by atoms with Crippen LogP contribution in [0.2, 0.25) is 0 Å². The Balaban J connectivity index is 1.94. The maximum absolute atomic E-state index is 12.5. The van der Waals surface area contributed by atoms with Crippen molar-refractivity contribution >= 4 is 12.1 Å². The van der Waals surface area contributed by atoms with Crippen LogP contribution < -0.4 is 5.32 Å². The van der Waals surface area contributed by atoms with Crippen LogP contribution in [-0.2, 0) is 11.0 Å². The van der Waals surface area contributed by atoms with Gasteiger partial charge >= 0.3 is 12.1 Å². The van der Waals surface area contributed by atoms with Crippen LogP contribution >= 0.6 is 0 Å². The maximum atomic E-state index is 12.5. The molecule has 0 aliphatic carbocycles. The molecule has 10 heteroatoms. The first-order valence-electron chi connectivity index (χ1n) is 7.56. The second-order valence-corrected chi connectivity index (χ2v) is 6.20. The summed E-state index contributed by atoms with van der Waals surface area (Å²) in [6, 6.07) is 5.74. The number of carbonyl (C=O) groups is 1. The van der Waals surface area contributed by atoms with Crippen molar-refractivity contribution in [3.63, 3.8) is 0 Å². The molecule has 1 aromatic carbocycles. The number of benzene rings is 1. The normalized spacial score (nSPS) is 12.4. The zero-order valence-corrected chi connectivity index (χ0v) is 14.3. The average molecular weight is 370 g/mol. The fraction of sp³-hybridized carbons (Fsp3) is 0.375. The standard InChI is InChI=1S/C16H17F3N4O3/c1-15(2,3)26-21-9-8-20-13(24)11-6-4-10(5-7-11)12-22-14(25-23-12)16(17,18)19/h4-7,9H,8H2,1-3H3,(H,20,24)/b21-9-. The Morgan fingerprint density at radius 3 is 2.46 bits per heavy atom. The first-order valence-corrected chi connectivity index (χ1v) is 7.56. The van der Waals surface area contributed by atoms with Crippen LogP contribution in [0.1, 0.15) is 37.0 Å². The zero-order valence-electron chi connectivity index (χ0n) is 14.3. The van der Waals surface area contributed by atoms with Gasteiger partial charge in [-0.2, -0.15) is 18.2 Å². The van der Waals surface area contributed by atoms with Crippen LogP contribution in [0.5, 0.6) is 0 Å². The summed E-state index contributed by atoms with van der Waals surface area (Å²) in [5.41, 5.74) is 0.191. The lowest BCUT2D eigenvalue weighted by molar-refractivity contribution is -0.159. The van der Waals surface area contributed by atoms with E-state index in [2.05, 4.69) is 25.1 Å². The molecule has 0 aliphatic rings. The molecule has 1 N–H and O–H groups in total. The predicted octanol–water partition coefficient (Wildman–Crippen LogP) is 3.29. The molecule has 0 fully saturated rings. The van der Waals surface area contributed by atoms with Crippen molar-refractivity contribution in [1.29, 1.82) is 0 Å². The fourth-order valence-corrected chi connectivity index (χ4v) is 1.70. The van der Waals surface area contributed by atoms with Crippen molar-refractivity contribution in [3.05, 3.63) is 35.7 Å². The Morgan fingerprint density at radius 1 is 1.27 bits per heavy atom. The zero-order chi connectivity index (χ0) is 19.4. The summed E-state index contributed by atoms with van der Waals surface area (Å²) < 4.78 is 41.5. The molecule has 7 nitrogen and oxygen atoms in total. The van der Waals surface area contributed by atoms with Crippen molar-refractivity contribution in [3.8, 4) is 11.4 Å². The number of nitrogens with zero attached hydrogens (tertiary/aromatic N) is 3. The van der Waals surface area contributed by atoms with Gasteiger partial charge in [-0.1, -0.05) is 22.4 Å². The fourth-order valence-electron chi connectivity index (χ4n) is 1.70. The van der Waals surface area contributed by atoms with Gasteiger partial charge in [0, 0.05) is 11.1 Å². The third kappa shape index (κ3) is 5.57. The number of alkyl halides is 3. The summed E-state index contributed by atoms with van der Waals surface area (Å²) in [5.74, 6) is -2.01. The van der Waals surface area contributed by atoms with E-state index < -0.39 is 17.7 Å². The Hall–Kier alpha value is -2.91. The van der Waals surface area contributed by atoms with E-state index in [1.165, 1.54) is 30.5 Å². The second-order valence-electron chi connectivity index (χ2n) is 6.20. The third-order valence-electron chi connectivity index (χ3n) is 2.83. The number of amides is 1. The SMILES string of the molecule is CC(C)(C)O/N=C\CNC(=O)c1ccc(-c2noc(C(F)(F)F)n2)cc1. The molecule has 0 saturated heterocycles. The van der Waals surface area contributed by atoms with Crippen molar-refractivity contribution in [2.24, 2.45) is 5.16 Å². The second kappa shape index (κ2) is 7.54. The van der Waals surface area contributed by atoms with E-state index in [4.69, 9.17) is 4.84 Å². The first-order chi connectivity index (χ1) is 12.1. The molecule has 0 aliphatic heterocycles. The number of rotatable bonds is 5. The van der Waals surface area contributed by atoms with E-state index >= 15 is 0 Å². The quantitative estimate of drug-likeness (QED) is 0.644. The summed E-state index contributed by atoms with van der Waals surface area (Å²) in [6.45, 7) is 5.68. The van der Waals surface area contributed by atoms with Gasteiger partial charge < -0.3 is 14.7 Å². The summed E-state index contributed by atoms with van der Waals surface area (Å²) >= 11 is 0. The van der Waals surface area contributed by atoms with Gasteiger partial charge in [0.1, 0.15) is 5.60 Å². The lowest BCUT2D eigenvalue weighted by atomic mass is 10.1. The van der Waals surface area contributed by atoms with E-state index in [-0.39, 0.29) is 18.3 Å². The Bertz CT molecular complexity index is 777. The summed E-state index contributed by atoms with van der Waals surface area (Å²) in [6.07, 6.45) is -3.29. The van der Waals surface area contributed by atoms with Gasteiger partial charge in [-0.15, -0.1) is 0 Å². The number of hydrogen-bond acceptors (Lipinski definition) is 6. The Labute approximate surface area is 147 Å². The highest BCUT2D eigenvalue weighted by atomic mass is 19.4. The molecule has 1 heterocycles. The summed E-state index contributed by atoms with van der Waals surface area (Å²) in [7, 11) is 0. The van der Waals surface area contributed by atoms with Crippen LogP contribution in [0.4, 0.5) is 13.2 Å². The van der Waals surface area contributed by atoms with Crippen LogP contribution in [-0.4, -0.2) is 34.4 Å². The van der Waals surface area contributed by atoms with Gasteiger partial charge in [-0.3, -0.25) is 4.79 Å². The number of carbonyl (C=O) groups excluding carboxylic acids is 1. The van der Waals surface area contributed by atoms with E-state index in [1.54, 1.807) is 0 Å². The Kier molecular flexibility index (Phi) is 5.63. The van der Waals surface area contributed by atoms with Gasteiger partial charge in [-0.25, -0.2) is 0 Å². The molecule has 0 atom stereocenters. The smallest absolute Gasteiger partial charge is 0.390 e. The minimum atomic E-state index is -4.71. The highest BCUT2D eigenvalue weighted by molar-refractivity contribution is 5.95. The third-order valence-corrected chi connectivity index (χ3v) is 2.83. The number of nitrogens with one attached hydrogen (secondary N) is 1. The van der Waals surface area contributed by atoms with Crippen LogP contribution in [0.15, 0.2) is 33.9 Å². The topological polar surface area (TPSA) is 89.6 Å². The molecule has 0 unspecified atom stereocenters. The molecule has 2 aromatic rings. The molecule has 140 valence electrons. The number of halogens is 3. The molecular formula is C16H17F3N4O3. The minimum absolute atomic E-state index is 0.163. The van der Waals surface area contributed by atoms with Crippen molar-refractivity contribution in [1.82, 2.24) is 15.5 Å². The van der Waals surface area contributed by atoms with E-state index in [1.807, 2.05) is 20.8 Å². The lowest BCUT2D eigenvalue weighted by Gasteiger charge is -2.14. The van der Waals surface area contributed by atoms with Crippen molar-refractivity contribution in [2.45, 2.75) is 32.5 Å². The molecule has 0 radical (unpaired) electrons. The molecule has 26 heavy (non-hydrogen) atoms. The van der Waals surface area contributed by atoms with E-state index in [0.29, 0.717) is 11.1 Å². The van der Waals surface area contributed by atoms with Crippen LogP contribution in [0.25, 0.3) is 11.4 Å². The van der Waals surface area contributed by atoms with E-state index in [0.717, 1.165) is 0 Å². The van der Waals surface area contributed by atoms with Gasteiger partial charge in [0.25, 0.3) is 5.91 Å². The molecule has 0 spiro atoms. The van der Waals surface area contributed by atoms with Gasteiger partial charge in [0.2, 0.25) is 5.82 Å². The summed E-state index contributed by atoms with van der Waals surface area (Å²) in [4.78, 5) is 20.4. The minimum Gasteiger partial charge on any atom is -0.390 e. The van der Waals surface area contributed by atoms with Gasteiger partial charge in [0.15, 0.2) is 0 Å². The van der Waals surface area contributed by atoms with Crippen LogP contribution in [0, 0.1) is 0 Å². The van der Waals surface area contributed by atoms with E-state index in [9.17, 15) is 18.0 Å². The van der Waals surface area contributed by atoms with Crippen molar-refractivity contribution in [2.75, 3.05) is 6.54 Å². The number of aromatic nitrogens is 2. The van der Waals surface area contributed by atoms with Crippen molar-refractivity contribution < 1.29 is 27.3 Å². The average Bonchev–Trinajstić information content (AvgIpc) is 3.03. The maximum Gasteiger partial charge on any atom is 0.471 e. The predicted molar refractivity (Wildman–Crippen MR) is 86.4 cm³/mol.